The smallest absolute Gasteiger partial charge is 0.115 e. The first-order valence-corrected chi connectivity index (χ1v) is 9.92. The van der Waals surface area contributed by atoms with Crippen LogP contribution >= 0.6 is 11.6 Å². The van der Waals surface area contributed by atoms with Crippen LogP contribution in [0.2, 0.25) is 5.02 Å². The number of carbonyl (C=O) groups excluding carboxylic acids is 1. The van der Waals surface area contributed by atoms with Gasteiger partial charge >= 0.3 is 88.4 Å². The van der Waals surface area contributed by atoms with Gasteiger partial charge in [0.2, 0.25) is 0 Å². The number of aromatic hydroxyl groups is 1. The number of phenols is 1. The summed E-state index contributed by atoms with van der Waals surface area (Å²) in [5.41, 5.74) is 0.157. The molecule has 0 aromatic heterocycles. The number of anilines is 1. The SMILES string of the molecule is CC(=O)Nc1ccccc1[As](=O)(O)OO.Oc1ccc(Cl)cc1. The van der Waals surface area contributed by atoms with Gasteiger partial charge in [-0.3, -0.25) is 0 Å². The van der Waals surface area contributed by atoms with E-state index in [9.17, 15) is 12.6 Å². The number of hydrogen-bond acceptors (Lipinski definition) is 5. The zero-order valence-electron chi connectivity index (χ0n) is 12.0. The molecular formula is C14H15AsClNO6. The van der Waals surface area contributed by atoms with Gasteiger partial charge in [0.15, 0.2) is 0 Å². The van der Waals surface area contributed by atoms with E-state index in [0.717, 1.165) is 0 Å². The van der Waals surface area contributed by atoms with E-state index in [1.165, 1.54) is 25.1 Å². The first-order valence-electron chi connectivity index (χ1n) is 6.24. The Bertz CT molecular complexity index is 686. The van der Waals surface area contributed by atoms with Crippen molar-refractivity contribution in [3.63, 3.8) is 0 Å². The second-order valence-corrected chi connectivity index (χ2v) is 8.25. The molecule has 2 aromatic carbocycles. The van der Waals surface area contributed by atoms with Crippen LogP contribution in [0.5, 0.6) is 5.75 Å². The minimum absolute atomic E-state index is 0.103. The Morgan fingerprint density at radius 2 is 1.74 bits per heavy atom. The molecule has 23 heavy (non-hydrogen) atoms. The van der Waals surface area contributed by atoms with Crippen LogP contribution < -0.4 is 9.67 Å². The van der Waals surface area contributed by atoms with Crippen LogP contribution in [0.15, 0.2) is 48.5 Å². The number of phenolic OH excluding ortho intramolecular Hbond substituents is 1. The number of hydrogen-bond donors (Lipinski definition) is 4. The fourth-order valence-corrected chi connectivity index (χ4v) is 3.30. The van der Waals surface area contributed by atoms with Gasteiger partial charge in [-0.1, -0.05) is 11.6 Å². The Kier molecular flexibility index (Phi) is 7.35. The molecule has 1 amide bonds. The number of halogens is 1. The number of rotatable bonds is 3. The molecule has 0 aliphatic carbocycles. The van der Waals surface area contributed by atoms with Crippen LogP contribution in [0.4, 0.5) is 5.69 Å². The first kappa shape index (κ1) is 19.3. The normalized spacial score (nSPS) is 12.5. The maximum absolute atomic E-state index is 11.4. The van der Waals surface area contributed by atoms with E-state index in [0.29, 0.717) is 5.02 Å². The molecule has 0 heterocycles. The largest absolute Gasteiger partial charge is 0.508 e. The second kappa shape index (κ2) is 8.76. The zero-order valence-corrected chi connectivity index (χ0v) is 14.6. The number of nitrogens with one attached hydrogen (secondary N) is 1. The van der Waals surface area contributed by atoms with E-state index in [1.54, 1.807) is 30.3 Å². The van der Waals surface area contributed by atoms with Crippen molar-refractivity contribution in [2.45, 2.75) is 6.92 Å². The molecule has 0 aliphatic rings. The van der Waals surface area contributed by atoms with Gasteiger partial charge in [-0.25, -0.2) is 0 Å². The van der Waals surface area contributed by atoms with Gasteiger partial charge in [-0.15, -0.1) is 0 Å². The number of benzene rings is 2. The van der Waals surface area contributed by atoms with Crippen molar-refractivity contribution in [3.8, 4) is 5.75 Å². The average molecular weight is 404 g/mol. The molecular weight excluding hydrogens is 389 g/mol. The van der Waals surface area contributed by atoms with Crippen LogP contribution in [0, 0.1) is 0 Å². The van der Waals surface area contributed by atoms with Gasteiger partial charge in [-0.2, -0.15) is 0 Å². The fraction of sp³-hybridized carbons (Fsp3) is 0.0714. The molecule has 0 saturated heterocycles. The number of carbonyl (C=O) groups is 1. The predicted octanol–water partition coefficient (Wildman–Crippen LogP) is 1.75. The summed E-state index contributed by atoms with van der Waals surface area (Å²) < 4.78 is 24.1. The van der Waals surface area contributed by atoms with Crippen molar-refractivity contribution in [1.82, 2.24) is 0 Å². The number of para-hydroxylation sites is 1. The Labute approximate surface area is 140 Å². The number of amides is 1. The maximum atomic E-state index is 11.4. The summed E-state index contributed by atoms with van der Waals surface area (Å²) in [5, 5.41) is 20.0. The summed E-state index contributed by atoms with van der Waals surface area (Å²) in [7, 11) is 0. The van der Waals surface area contributed by atoms with Crippen LogP contribution in [0.25, 0.3) is 0 Å². The zero-order chi connectivity index (χ0) is 17.5. The van der Waals surface area contributed by atoms with E-state index < -0.39 is 14.2 Å². The Balaban J connectivity index is 0.000000277. The molecule has 0 saturated carbocycles. The van der Waals surface area contributed by atoms with E-state index >= 15 is 0 Å². The first-order chi connectivity index (χ1) is 10.8. The Hall–Kier alpha value is -1.76. The fourth-order valence-electron chi connectivity index (χ4n) is 1.50. The van der Waals surface area contributed by atoms with Crippen molar-refractivity contribution in [3.05, 3.63) is 53.6 Å². The van der Waals surface area contributed by atoms with Gasteiger partial charge in [0.1, 0.15) is 5.75 Å². The topological polar surface area (TPSA) is 116 Å². The molecule has 1 unspecified atom stereocenters. The molecule has 4 N–H and O–H groups in total. The van der Waals surface area contributed by atoms with Crippen molar-refractivity contribution in [1.29, 1.82) is 0 Å². The quantitative estimate of drug-likeness (QED) is 0.352. The average Bonchev–Trinajstić information content (AvgIpc) is 2.51. The summed E-state index contributed by atoms with van der Waals surface area (Å²) in [4.78, 5) is 10.8. The molecule has 2 aromatic rings. The van der Waals surface area contributed by atoms with Gasteiger partial charge in [0.25, 0.3) is 0 Å². The summed E-state index contributed by atoms with van der Waals surface area (Å²) in [6, 6.07) is 12.2. The molecule has 0 spiro atoms. The minimum Gasteiger partial charge on any atom is -0.508 e. The molecule has 7 nitrogen and oxygen atoms in total. The predicted molar refractivity (Wildman–Crippen MR) is 85.9 cm³/mol. The summed E-state index contributed by atoms with van der Waals surface area (Å²) >= 11 is 0.576. The Morgan fingerprint density at radius 1 is 1.17 bits per heavy atom. The third kappa shape index (κ3) is 6.48. The summed E-state index contributed by atoms with van der Waals surface area (Å²) in [6.07, 6.45) is 0. The molecule has 0 radical (unpaired) electrons. The second-order valence-electron chi connectivity index (χ2n) is 4.28. The molecule has 0 bridgehead atoms. The van der Waals surface area contributed by atoms with Crippen LogP contribution in [-0.2, 0) is 12.4 Å². The van der Waals surface area contributed by atoms with Gasteiger partial charge in [-0.05, 0) is 24.3 Å². The third-order valence-electron chi connectivity index (χ3n) is 2.46. The molecule has 124 valence electrons. The summed E-state index contributed by atoms with van der Waals surface area (Å²) in [6.45, 7) is 1.27. The molecule has 2 rings (SSSR count). The standard InChI is InChI=1S/C8H10AsNO5.C6H5ClO/c1-6(11)10-8-5-3-2-4-7(8)9(12,13)15-14;7-5-1-3-6(8)4-2-5/h2-5,14H,1H3,(H,10,11)(H,12,13);1-4,8H. The maximum Gasteiger partial charge on any atom is 0.115 e. The van der Waals surface area contributed by atoms with Crippen LogP contribution in [0.1, 0.15) is 6.92 Å². The third-order valence-corrected chi connectivity index (χ3v) is 5.27. The van der Waals surface area contributed by atoms with Crippen molar-refractivity contribution in [2.75, 3.05) is 5.32 Å². The molecule has 9 heteroatoms. The van der Waals surface area contributed by atoms with Gasteiger partial charge in [0.05, 0.1) is 0 Å². The van der Waals surface area contributed by atoms with E-state index in [2.05, 4.69) is 9.19 Å². The van der Waals surface area contributed by atoms with E-state index in [-0.39, 0.29) is 21.7 Å². The van der Waals surface area contributed by atoms with Crippen molar-refractivity contribution in [2.24, 2.45) is 0 Å². The monoisotopic (exact) mass is 403 g/mol. The van der Waals surface area contributed by atoms with Crippen molar-refractivity contribution < 1.29 is 26.9 Å². The Morgan fingerprint density at radius 3 is 2.22 bits per heavy atom. The van der Waals surface area contributed by atoms with Crippen molar-refractivity contribution >= 4 is 41.7 Å². The molecule has 0 aliphatic heterocycles. The van der Waals surface area contributed by atoms with Crippen LogP contribution in [0.3, 0.4) is 0 Å². The van der Waals surface area contributed by atoms with Gasteiger partial charge in [0, 0.05) is 5.02 Å². The van der Waals surface area contributed by atoms with Gasteiger partial charge < -0.3 is 5.11 Å². The minimum atomic E-state index is -4.92. The van der Waals surface area contributed by atoms with E-state index in [1.807, 2.05) is 0 Å². The molecule has 1 atom stereocenters. The molecule has 0 fully saturated rings. The van der Waals surface area contributed by atoms with E-state index in [4.69, 9.17) is 22.0 Å². The summed E-state index contributed by atoms with van der Waals surface area (Å²) in [5.74, 6) is -0.134. The van der Waals surface area contributed by atoms with Crippen LogP contribution in [-0.4, -0.2) is 34.5 Å².